The topological polar surface area (TPSA) is 119 Å². The summed E-state index contributed by atoms with van der Waals surface area (Å²) >= 11 is 0. The van der Waals surface area contributed by atoms with Crippen molar-refractivity contribution in [2.24, 2.45) is 11.1 Å². The second-order valence-corrected chi connectivity index (χ2v) is 8.03. The second kappa shape index (κ2) is 8.39. The van der Waals surface area contributed by atoms with Gasteiger partial charge in [-0.2, -0.15) is 8.42 Å². The molecule has 0 amide bonds. The standard InChI is InChI=1S/C17H21N7O2S.ClH/c18-27(25,26)22-10-13-3-7-23(8-4-13)16-15-5-9-24(17(15)21-12-20-16)14-2-1-6-19-11-14;/h1-2,5-6,9,11-13,22H,3-4,7-8,10H2,(H2,18,25,26);1H. The Labute approximate surface area is 169 Å². The van der Waals surface area contributed by atoms with Crippen molar-refractivity contribution in [3.63, 3.8) is 0 Å². The molecular weight excluding hydrogens is 402 g/mol. The Kier molecular flexibility index (Phi) is 6.14. The second-order valence-electron chi connectivity index (χ2n) is 6.66. The predicted molar refractivity (Wildman–Crippen MR) is 110 cm³/mol. The van der Waals surface area contributed by atoms with Crippen molar-refractivity contribution in [2.45, 2.75) is 12.8 Å². The van der Waals surface area contributed by atoms with Gasteiger partial charge in [-0.15, -0.1) is 12.4 Å². The lowest BCUT2D eigenvalue weighted by atomic mass is 9.97. The van der Waals surface area contributed by atoms with Gasteiger partial charge in [0.15, 0.2) is 0 Å². The van der Waals surface area contributed by atoms with Crippen molar-refractivity contribution in [1.82, 2.24) is 24.2 Å². The van der Waals surface area contributed by atoms with E-state index in [1.807, 2.05) is 29.0 Å². The number of aromatic nitrogens is 4. The Hall–Kier alpha value is -2.27. The van der Waals surface area contributed by atoms with Crippen LogP contribution in [0.4, 0.5) is 5.82 Å². The summed E-state index contributed by atoms with van der Waals surface area (Å²) in [6.07, 6.45) is 8.84. The summed E-state index contributed by atoms with van der Waals surface area (Å²) in [6.45, 7) is 1.99. The van der Waals surface area contributed by atoms with Crippen molar-refractivity contribution in [3.8, 4) is 5.69 Å². The molecule has 0 atom stereocenters. The van der Waals surface area contributed by atoms with Gasteiger partial charge in [-0.3, -0.25) is 9.55 Å². The van der Waals surface area contributed by atoms with Gasteiger partial charge in [0.05, 0.1) is 17.3 Å². The predicted octanol–water partition coefficient (Wildman–Crippen LogP) is 1.25. The fraction of sp³-hybridized carbons (Fsp3) is 0.353. The highest BCUT2D eigenvalue weighted by atomic mass is 35.5. The Morgan fingerprint density at radius 3 is 2.68 bits per heavy atom. The Bertz CT molecular complexity index is 1030. The molecule has 0 saturated carbocycles. The van der Waals surface area contributed by atoms with E-state index >= 15 is 0 Å². The number of nitrogens with two attached hydrogens (primary N) is 1. The fourth-order valence-electron chi connectivity index (χ4n) is 3.48. The molecule has 0 radical (unpaired) electrons. The lowest BCUT2D eigenvalue weighted by Gasteiger charge is -2.33. The van der Waals surface area contributed by atoms with Gasteiger partial charge in [0.2, 0.25) is 0 Å². The van der Waals surface area contributed by atoms with Crippen LogP contribution in [0, 0.1) is 5.92 Å². The zero-order chi connectivity index (χ0) is 18.9. The summed E-state index contributed by atoms with van der Waals surface area (Å²) in [5.41, 5.74) is 1.79. The molecule has 9 nitrogen and oxygen atoms in total. The number of piperidine rings is 1. The summed E-state index contributed by atoms with van der Waals surface area (Å²) in [4.78, 5) is 15.4. The molecule has 0 bridgehead atoms. The van der Waals surface area contributed by atoms with Crippen LogP contribution in [0.1, 0.15) is 12.8 Å². The lowest BCUT2D eigenvalue weighted by Crippen LogP contribution is -2.40. The van der Waals surface area contributed by atoms with E-state index in [0.717, 1.165) is 48.5 Å². The molecule has 28 heavy (non-hydrogen) atoms. The first-order valence-corrected chi connectivity index (χ1v) is 10.3. The van der Waals surface area contributed by atoms with Crippen LogP contribution in [0.25, 0.3) is 16.7 Å². The lowest BCUT2D eigenvalue weighted by molar-refractivity contribution is 0.401. The first-order chi connectivity index (χ1) is 13.0. The minimum Gasteiger partial charge on any atom is -0.356 e. The first kappa shape index (κ1) is 20.5. The molecule has 3 N–H and O–H groups in total. The van der Waals surface area contributed by atoms with Gasteiger partial charge >= 0.3 is 0 Å². The van der Waals surface area contributed by atoms with Gasteiger partial charge in [-0.25, -0.2) is 19.8 Å². The van der Waals surface area contributed by atoms with Crippen molar-refractivity contribution in [3.05, 3.63) is 43.1 Å². The molecule has 4 heterocycles. The smallest absolute Gasteiger partial charge is 0.274 e. The minimum absolute atomic E-state index is 0. The van der Waals surface area contributed by atoms with Crippen molar-refractivity contribution in [1.29, 1.82) is 0 Å². The number of nitrogens with one attached hydrogen (secondary N) is 1. The minimum atomic E-state index is -3.63. The number of rotatable bonds is 5. The maximum absolute atomic E-state index is 11.1. The summed E-state index contributed by atoms with van der Waals surface area (Å²) in [7, 11) is -3.63. The molecule has 0 aliphatic carbocycles. The Morgan fingerprint density at radius 1 is 1.21 bits per heavy atom. The average Bonchev–Trinajstić information content (AvgIpc) is 3.11. The van der Waals surface area contributed by atoms with Crippen LogP contribution < -0.4 is 14.8 Å². The van der Waals surface area contributed by atoms with Crippen LogP contribution >= 0.6 is 12.4 Å². The van der Waals surface area contributed by atoms with E-state index in [9.17, 15) is 8.42 Å². The third kappa shape index (κ3) is 4.41. The van der Waals surface area contributed by atoms with E-state index in [1.54, 1.807) is 18.7 Å². The van der Waals surface area contributed by atoms with E-state index in [-0.39, 0.29) is 18.3 Å². The summed E-state index contributed by atoms with van der Waals surface area (Å²) in [6, 6.07) is 5.90. The maximum atomic E-state index is 11.1. The van der Waals surface area contributed by atoms with Gasteiger partial charge in [-0.1, -0.05) is 0 Å². The van der Waals surface area contributed by atoms with Crippen LogP contribution in [0.15, 0.2) is 43.1 Å². The molecule has 1 aliphatic heterocycles. The normalized spacial score (nSPS) is 15.5. The first-order valence-electron chi connectivity index (χ1n) is 8.76. The van der Waals surface area contributed by atoms with Gasteiger partial charge in [-0.05, 0) is 37.0 Å². The van der Waals surface area contributed by atoms with Crippen molar-refractivity contribution < 1.29 is 8.42 Å². The fourth-order valence-corrected chi connectivity index (χ4v) is 3.95. The quantitative estimate of drug-likeness (QED) is 0.637. The zero-order valence-electron chi connectivity index (χ0n) is 15.1. The SMILES string of the molecule is Cl.NS(=O)(=O)NCC1CCN(c2ncnc3c2ccn3-c2cccnc2)CC1. The van der Waals surface area contributed by atoms with E-state index in [4.69, 9.17) is 5.14 Å². The van der Waals surface area contributed by atoms with Crippen LogP contribution in [0.5, 0.6) is 0 Å². The molecule has 0 spiro atoms. The van der Waals surface area contributed by atoms with Gasteiger partial charge in [0, 0.05) is 32.0 Å². The number of hydrogen-bond donors (Lipinski definition) is 2. The number of nitrogens with zero attached hydrogens (tertiary/aromatic N) is 5. The summed E-state index contributed by atoms with van der Waals surface area (Å²) in [5, 5.41) is 6.00. The van der Waals surface area contributed by atoms with Gasteiger partial charge in [0.25, 0.3) is 10.2 Å². The van der Waals surface area contributed by atoms with Crippen LogP contribution in [-0.2, 0) is 10.2 Å². The number of pyridine rings is 1. The van der Waals surface area contributed by atoms with Crippen molar-refractivity contribution >= 4 is 39.5 Å². The molecule has 3 aromatic heterocycles. The molecule has 0 unspecified atom stereocenters. The van der Waals surface area contributed by atoms with Crippen molar-refractivity contribution in [2.75, 3.05) is 24.5 Å². The van der Waals surface area contributed by atoms with Crippen LogP contribution in [-0.4, -0.2) is 47.6 Å². The highest BCUT2D eigenvalue weighted by Gasteiger charge is 2.23. The Morgan fingerprint density at radius 2 is 2.00 bits per heavy atom. The third-order valence-electron chi connectivity index (χ3n) is 4.87. The van der Waals surface area contributed by atoms with E-state index in [1.165, 1.54) is 0 Å². The molecule has 3 aromatic rings. The molecule has 11 heteroatoms. The monoisotopic (exact) mass is 423 g/mol. The zero-order valence-corrected chi connectivity index (χ0v) is 16.7. The van der Waals surface area contributed by atoms with E-state index in [2.05, 4.69) is 24.6 Å². The molecule has 4 rings (SSSR count). The average molecular weight is 424 g/mol. The molecule has 150 valence electrons. The van der Waals surface area contributed by atoms with Crippen LogP contribution in [0.3, 0.4) is 0 Å². The highest BCUT2D eigenvalue weighted by molar-refractivity contribution is 7.87. The maximum Gasteiger partial charge on any atom is 0.274 e. The van der Waals surface area contributed by atoms with E-state index in [0.29, 0.717) is 6.54 Å². The van der Waals surface area contributed by atoms with E-state index < -0.39 is 10.2 Å². The van der Waals surface area contributed by atoms with Gasteiger partial charge < -0.3 is 4.90 Å². The third-order valence-corrected chi connectivity index (χ3v) is 5.44. The number of hydrogen-bond acceptors (Lipinski definition) is 6. The number of halogens is 1. The molecule has 1 fully saturated rings. The number of anilines is 1. The number of fused-ring (bicyclic) bond motifs is 1. The molecule has 1 saturated heterocycles. The molecular formula is C17H22ClN7O2S. The summed E-state index contributed by atoms with van der Waals surface area (Å²) in [5.74, 6) is 1.18. The molecule has 1 aliphatic rings. The molecule has 0 aromatic carbocycles. The largest absolute Gasteiger partial charge is 0.356 e. The summed E-state index contributed by atoms with van der Waals surface area (Å²) < 4.78 is 26.5. The Balaban J connectivity index is 0.00000225. The highest BCUT2D eigenvalue weighted by Crippen LogP contribution is 2.29. The van der Waals surface area contributed by atoms with Crippen LogP contribution in [0.2, 0.25) is 0 Å². The van der Waals surface area contributed by atoms with Gasteiger partial charge in [0.1, 0.15) is 17.8 Å².